The van der Waals surface area contributed by atoms with Gasteiger partial charge < -0.3 is 26.4 Å². The average Bonchev–Trinajstić information content (AvgIpc) is 3.06. The molecule has 0 spiro atoms. The summed E-state index contributed by atoms with van der Waals surface area (Å²) in [7, 11) is 0. The summed E-state index contributed by atoms with van der Waals surface area (Å²) in [5.41, 5.74) is 5.88. The van der Waals surface area contributed by atoms with Crippen LogP contribution in [0.4, 0.5) is 0 Å². The number of hydrogen-bond donors (Lipinski definition) is 4. The molecule has 0 aromatic rings. The van der Waals surface area contributed by atoms with Crippen LogP contribution in [0, 0.1) is 11.8 Å². The predicted molar refractivity (Wildman–Crippen MR) is 99.6 cm³/mol. The fourth-order valence-electron chi connectivity index (χ4n) is 3.05. The zero-order valence-corrected chi connectivity index (χ0v) is 16.5. The number of nitrogens with two attached hydrogens (primary N) is 1. The number of nitrogens with zero attached hydrogens (tertiary/aromatic N) is 1. The van der Waals surface area contributed by atoms with Crippen LogP contribution in [0.1, 0.15) is 47.0 Å². The number of carboxylic acid groups (broad SMARTS) is 1. The van der Waals surface area contributed by atoms with Crippen molar-refractivity contribution in [2.45, 2.75) is 65.1 Å². The highest BCUT2D eigenvalue weighted by atomic mass is 16.4. The minimum atomic E-state index is -1.15. The number of amides is 3. The lowest BCUT2D eigenvalue weighted by atomic mass is 10.00. The first-order chi connectivity index (χ1) is 12.5. The maximum atomic E-state index is 13.0. The van der Waals surface area contributed by atoms with Crippen LogP contribution in [-0.4, -0.2) is 64.9 Å². The van der Waals surface area contributed by atoms with Crippen molar-refractivity contribution in [2.75, 3.05) is 13.1 Å². The molecule has 0 unspecified atom stereocenters. The molecule has 1 aliphatic rings. The van der Waals surface area contributed by atoms with Crippen molar-refractivity contribution in [2.24, 2.45) is 17.6 Å². The maximum absolute atomic E-state index is 13.0. The molecule has 3 amide bonds. The van der Waals surface area contributed by atoms with E-state index in [9.17, 15) is 19.2 Å². The third-order valence-corrected chi connectivity index (χ3v) is 4.60. The van der Waals surface area contributed by atoms with Gasteiger partial charge in [-0.15, -0.1) is 0 Å². The SMILES string of the molecule is CC(C)C[C@H](NC(=O)[C@@H](N)C(C)C)C(=O)N1CCC[C@H]1C(=O)NCC(=O)O. The molecule has 0 bridgehead atoms. The van der Waals surface area contributed by atoms with E-state index in [-0.39, 0.29) is 17.7 Å². The van der Waals surface area contributed by atoms with Crippen molar-refractivity contribution in [3.05, 3.63) is 0 Å². The summed E-state index contributed by atoms with van der Waals surface area (Å²) >= 11 is 0. The summed E-state index contributed by atoms with van der Waals surface area (Å²) in [5, 5.41) is 13.8. The molecule has 0 saturated carbocycles. The zero-order chi connectivity index (χ0) is 20.7. The molecule has 154 valence electrons. The second kappa shape index (κ2) is 10.2. The van der Waals surface area contributed by atoms with Crippen molar-refractivity contribution in [3.8, 4) is 0 Å². The number of carbonyl (C=O) groups excluding carboxylic acids is 3. The largest absolute Gasteiger partial charge is 0.480 e. The van der Waals surface area contributed by atoms with Crippen LogP contribution in [0.15, 0.2) is 0 Å². The van der Waals surface area contributed by atoms with E-state index < -0.39 is 42.5 Å². The van der Waals surface area contributed by atoms with Crippen molar-refractivity contribution in [1.29, 1.82) is 0 Å². The maximum Gasteiger partial charge on any atom is 0.322 e. The minimum Gasteiger partial charge on any atom is -0.480 e. The molecule has 1 saturated heterocycles. The van der Waals surface area contributed by atoms with Gasteiger partial charge in [-0.2, -0.15) is 0 Å². The molecule has 0 radical (unpaired) electrons. The van der Waals surface area contributed by atoms with Crippen LogP contribution in [0.3, 0.4) is 0 Å². The van der Waals surface area contributed by atoms with E-state index in [0.29, 0.717) is 25.8 Å². The normalized spacial score (nSPS) is 19.1. The van der Waals surface area contributed by atoms with Gasteiger partial charge in [0, 0.05) is 6.54 Å². The smallest absolute Gasteiger partial charge is 0.322 e. The molecule has 1 aliphatic heterocycles. The Morgan fingerprint density at radius 3 is 2.33 bits per heavy atom. The molecule has 27 heavy (non-hydrogen) atoms. The monoisotopic (exact) mass is 384 g/mol. The van der Waals surface area contributed by atoms with Gasteiger partial charge in [-0.1, -0.05) is 27.7 Å². The van der Waals surface area contributed by atoms with E-state index in [4.69, 9.17) is 10.8 Å². The third-order valence-electron chi connectivity index (χ3n) is 4.60. The Balaban J connectivity index is 2.88. The second-order valence-corrected chi connectivity index (χ2v) is 7.76. The van der Waals surface area contributed by atoms with Gasteiger partial charge in [0.05, 0.1) is 6.04 Å². The summed E-state index contributed by atoms with van der Waals surface area (Å²) in [4.78, 5) is 49.7. The average molecular weight is 384 g/mol. The predicted octanol–water partition coefficient (Wildman–Crippen LogP) is -0.308. The van der Waals surface area contributed by atoms with Gasteiger partial charge in [0.25, 0.3) is 0 Å². The van der Waals surface area contributed by atoms with Crippen LogP contribution in [0.2, 0.25) is 0 Å². The van der Waals surface area contributed by atoms with E-state index in [2.05, 4.69) is 10.6 Å². The number of likely N-dealkylation sites (tertiary alicyclic amines) is 1. The Bertz CT molecular complexity index is 564. The molecule has 3 atom stereocenters. The van der Waals surface area contributed by atoms with Crippen molar-refractivity contribution in [3.63, 3.8) is 0 Å². The molecule has 0 aliphatic carbocycles. The van der Waals surface area contributed by atoms with E-state index in [1.54, 1.807) is 0 Å². The van der Waals surface area contributed by atoms with Crippen LogP contribution < -0.4 is 16.4 Å². The fraction of sp³-hybridized carbons (Fsp3) is 0.778. The highest BCUT2D eigenvalue weighted by Gasteiger charge is 2.38. The van der Waals surface area contributed by atoms with Crippen LogP contribution in [0.25, 0.3) is 0 Å². The zero-order valence-electron chi connectivity index (χ0n) is 16.5. The lowest BCUT2D eigenvalue weighted by Gasteiger charge is -2.30. The molecule has 9 heteroatoms. The van der Waals surface area contributed by atoms with E-state index in [0.717, 1.165) is 0 Å². The van der Waals surface area contributed by atoms with Gasteiger partial charge in [-0.3, -0.25) is 19.2 Å². The summed E-state index contributed by atoms with van der Waals surface area (Å²) < 4.78 is 0. The van der Waals surface area contributed by atoms with Crippen molar-refractivity contribution in [1.82, 2.24) is 15.5 Å². The molecule has 0 aromatic carbocycles. The molecule has 5 N–H and O–H groups in total. The molecule has 1 fully saturated rings. The molecule has 9 nitrogen and oxygen atoms in total. The number of carbonyl (C=O) groups is 4. The number of nitrogens with one attached hydrogen (secondary N) is 2. The molecule has 1 rings (SSSR count). The van der Waals surface area contributed by atoms with Crippen molar-refractivity contribution >= 4 is 23.7 Å². The first-order valence-electron chi connectivity index (χ1n) is 9.40. The number of rotatable bonds is 9. The molecule has 1 heterocycles. The quantitative estimate of drug-likeness (QED) is 0.430. The lowest BCUT2D eigenvalue weighted by Crippen LogP contribution is -2.56. The second-order valence-electron chi connectivity index (χ2n) is 7.76. The summed E-state index contributed by atoms with van der Waals surface area (Å²) in [5.74, 6) is -2.28. The van der Waals surface area contributed by atoms with Crippen LogP contribution >= 0.6 is 0 Å². The van der Waals surface area contributed by atoms with Gasteiger partial charge >= 0.3 is 5.97 Å². The lowest BCUT2D eigenvalue weighted by molar-refractivity contribution is -0.143. The van der Waals surface area contributed by atoms with E-state index in [1.807, 2.05) is 27.7 Å². The first kappa shape index (κ1) is 22.9. The minimum absolute atomic E-state index is 0.0684. The van der Waals surface area contributed by atoms with Gasteiger partial charge in [0.1, 0.15) is 18.6 Å². The third kappa shape index (κ3) is 6.82. The Morgan fingerprint density at radius 1 is 1.19 bits per heavy atom. The highest BCUT2D eigenvalue weighted by molar-refractivity contribution is 5.94. The Labute approximate surface area is 160 Å². The van der Waals surface area contributed by atoms with Crippen LogP contribution in [-0.2, 0) is 19.2 Å². The highest BCUT2D eigenvalue weighted by Crippen LogP contribution is 2.20. The summed E-state index contributed by atoms with van der Waals surface area (Å²) in [6.07, 6.45) is 1.53. The fourth-order valence-corrected chi connectivity index (χ4v) is 3.05. The van der Waals surface area contributed by atoms with Gasteiger partial charge in [-0.05, 0) is 31.1 Å². The Kier molecular flexibility index (Phi) is 8.68. The van der Waals surface area contributed by atoms with Gasteiger partial charge in [-0.25, -0.2) is 0 Å². The number of hydrogen-bond acceptors (Lipinski definition) is 5. The summed E-state index contributed by atoms with van der Waals surface area (Å²) in [6, 6.07) is -2.21. The Morgan fingerprint density at radius 2 is 1.81 bits per heavy atom. The molecular weight excluding hydrogens is 352 g/mol. The van der Waals surface area contributed by atoms with E-state index >= 15 is 0 Å². The summed E-state index contributed by atoms with van der Waals surface area (Å²) in [6.45, 7) is 7.43. The van der Waals surface area contributed by atoms with Gasteiger partial charge in [0.15, 0.2) is 0 Å². The molecule has 0 aromatic heterocycles. The Hall–Kier alpha value is -2.16. The number of carboxylic acids is 1. The van der Waals surface area contributed by atoms with Gasteiger partial charge in [0.2, 0.25) is 17.7 Å². The number of aliphatic carboxylic acids is 1. The molecular formula is C18H32N4O5. The van der Waals surface area contributed by atoms with Crippen LogP contribution in [0.5, 0.6) is 0 Å². The van der Waals surface area contributed by atoms with Crippen molar-refractivity contribution < 1.29 is 24.3 Å². The topological polar surface area (TPSA) is 142 Å². The standard InChI is InChI=1S/C18H32N4O5/c1-10(2)8-12(21-17(26)15(19)11(3)4)18(27)22-7-5-6-13(22)16(25)20-9-14(23)24/h10-13,15H,5-9,19H2,1-4H3,(H,20,25)(H,21,26)(H,23,24)/t12-,13-,15-/m0/s1. The first-order valence-corrected chi connectivity index (χ1v) is 9.40. The van der Waals surface area contributed by atoms with E-state index in [1.165, 1.54) is 4.90 Å².